The van der Waals surface area contributed by atoms with E-state index in [1.54, 1.807) is 42.7 Å². The number of ether oxygens (including phenoxy) is 1. The molecule has 0 aliphatic heterocycles. The first-order chi connectivity index (χ1) is 13.5. The van der Waals surface area contributed by atoms with Gasteiger partial charge in [0.05, 0.1) is 12.8 Å². The summed E-state index contributed by atoms with van der Waals surface area (Å²) in [6.07, 6.45) is 1.55. The van der Waals surface area contributed by atoms with Gasteiger partial charge in [0.1, 0.15) is 11.5 Å². The molecule has 0 atom stereocenters. The quantitative estimate of drug-likeness (QED) is 0.654. The average Bonchev–Trinajstić information content (AvgIpc) is 3.19. The van der Waals surface area contributed by atoms with Crippen LogP contribution in [-0.4, -0.2) is 18.4 Å². The molecular formula is C22H22N2O4. The normalized spacial score (nSPS) is 10.4. The lowest BCUT2D eigenvalue weighted by Crippen LogP contribution is -2.23. The predicted octanol–water partition coefficient (Wildman–Crippen LogP) is 3.84. The summed E-state index contributed by atoms with van der Waals surface area (Å²) in [5.74, 6) is 0.834. The Hall–Kier alpha value is -3.54. The number of hydrogen-bond donors (Lipinski definition) is 2. The molecule has 0 saturated carbocycles. The fraction of sp³-hybridized carbons (Fsp3) is 0.182. The van der Waals surface area contributed by atoms with E-state index in [9.17, 15) is 9.59 Å². The monoisotopic (exact) mass is 378 g/mol. The number of carbonyl (C=O) groups excluding carboxylic acids is 2. The topological polar surface area (TPSA) is 80.6 Å². The number of aryl methyl sites for hydroxylation is 2. The Morgan fingerprint density at radius 1 is 1.00 bits per heavy atom. The minimum Gasteiger partial charge on any atom is -0.483 e. The van der Waals surface area contributed by atoms with Gasteiger partial charge in [-0.2, -0.15) is 0 Å². The zero-order valence-corrected chi connectivity index (χ0v) is 15.8. The summed E-state index contributed by atoms with van der Waals surface area (Å²) in [5.41, 5.74) is 2.92. The minimum atomic E-state index is -0.296. The van der Waals surface area contributed by atoms with Gasteiger partial charge in [-0.15, -0.1) is 0 Å². The van der Waals surface area contributed by atoms with Gasteiger partial charge in [0.2, 0.25) is 0 Å². The number of hydrogen-bond acceptors (Lipinski definition) is 4. The van der Waals surface area contributed by atoms with E-state index in [0.29, 0.717) is 29.3 Å². The van der Waals surface area contributed by atoms with E-state index in [1.807, 2.05) is 32.0 Å². The highest BCUT2D eigenvalue weighted by Gasteiger charge is 2.10. The maximum absolute atomic E-state index is 12.3. The van der Waals surface area contributed by atoms with Crippen LogP contribution in [0.15, 0.2) is 65.3 Å². The smallest absolute Gasteiger partial charge is 0.262 e. The minimum absolute atomic E-state index is 0.111. The molecule has 0 aliphatic rings. The van der Waals surface area contributed by atoms with Crippen LogP contribution < -0.4 is 15.4 Å². The summed E-state index contributed by atoms with van der Waals surface area (Å²) >= 11 is 0. The summed E-state index contributed by atoms with van der Waals surface area (Å²) in [5, 5.41) is 5.52. The number of furan rings is 1. The maximum atomic E-state index is 12.3. The lowest BCUT2D eigenvalue weighted by atomic mass is 10.1. The van der Waals surface area contributed by atoms with Gasteiger partial charge in [0, 0.05) is 11.3 Å². The first-order valence-corrected chi connectivity index (χ1v) is 8.92. The molecule has 2 aromatic carbocycles. The Balaban J connectivity index is 1.56. The van der Waals surface area contributed by atoms with Crippen molar-refractivity contribution in [3.8, 4) is 5.75 Å². The lowest BCUT2D eigenvalue weighted by molar-refractivity contribution is -0.118. The van der Waals surface area contributed by atoms with Gasteiger partial charge in [-0.25, -0.2) is 0 Å². The van der Waals surface area contributed by atoms with E-state index in [4.69, 9.17) is 9.15 Å². The molecule has 6 nitrogen and oxygen atoms in total. The third kappa shape index (κ3) is 5.01. The first-order valence-electron chi connectivity index (χ1n) is 8.92. The van der Waals surface area contributed by atoms with Crippen molar-refractivity contribution in [1.29, 1.82) is 0 Å². The third-order valence-corrected chi connectivity index (χ3v) is 4.17. The van der Waals surface area contributed by atoms with Crippen molar-refractivity contribution in [2.75, 3.05) is 11.9 Å². The largest absolute Gasteiger partial charge is 0.483 e. The molecule has 144 valence electrons. The van der Waals surface area contributed by atoms with E-state index < -0.39 is 0 Å². The molecule has 0 radical (unpaired) electrons. The summed E-state index contributed by atoms with van der Waals surface area (Å²) < 4.78 is 10.8. The molecule has 1 heterocycles. The van der Waals surface area contributed by atoms with Crippen LogP contribution >= 0.6 is 0 Å². The van der Waals surface area contributed by atoms with E-state index in [0.717, 1.165) is 11.1 Å². The molecular weight excluding hydrogens is 356 g/mol. The molecule has 3 aromatic rings. The molecule has 1 aromatic heterocycles. The second-order valence-electron chi connectivity index (χ2n) is 6.40. The van der Waals surface area contributed by atoms with Crippen LogP contribution in [0.5, 0.6) is 5.75 Å². The Bertz CT molecular complexity index is 944. The second kappa shape index (κ2) is 8.90. The number of rotatable bonds is 7. The molecule has 2 N–H and O–H groups in total. The van der Waals surface area contributed by atoms with E-state index in [-0.39, 0.29) is 18.4 Å². The maximum Gasteiger partial charge on any atom is 0.262 e. The standard InChI is InChI=1S/C22H22N2O4/c1-15-6-3-7-16(2)21(15)28-14-20(25)24-18-9-4-8-17(12-18)22(26)23-13-19-10-5-11-27-19/h3-12H,13-14H2,1-2H3,(H,23,26)(H,24,25). The van der Waals surface area contributed by atoms with E-state index in [1.165, 1.54) is 0 Å². The summed E-state index contributed by atoms with van der Waals surface area (Å²) in [6, 6.07) is 16.1. The van der Waals surface area contributed by atoms with Crippen LogP contribution in [0, 0.1) is 13.8 Å². The van der Waals surface area contributed by atoms with E-state index >= 15 is 0 Å². The summed E-state index contributed by atoms with van der Waals surface area (Å²) in [4.78, 5) is 24.5. The summed E-state index contributed by atoms with van der Waals surface area (Å²) in [7, 11) is 0. The van der Waals surface area contributed by atoms with Gasteiger partial charge >= 0.3 is 0 Å². The van der Waals surface area contributed by atoms with Crippen LogP contribution in [0.3, 0.4) is 0 Å². The van der Waals surface area contributed by atoms with Crippen molar-refractivity contribution in [1.82, 2.24) is 5.32 Å². The number of anilines is 1. The van der Waals surface area contributed by atoms with Crippen LogP contribution in [0.4, 0.5) is 5.69 Å². The van der Waals surface area contributed by atoms with Crippen molar-refractivity contribution in [2.24, 2.45) is 0 Å². The Morgan fingerprint density at radius 2 is 1.75 bits per heavy atom. The zero-order valence-electron chi connectivity index (χ0n) is 15.8. The van der Waals surface area contributed by atoms with Crippen LogP contribution in [0.2, 0.25) is 0 Å². The SMILES string of the molecule is Cc1cccc(C)c1OCC(=O)Nc1cccc(C(=O)NCc2ccco2)c1. The van der Waals surface area contributed by atoms with Crippen molar-refractivity contribution in [3.63, 3.8) is 0 Å². The molecule has 3 rings (SSSR count). The summed E-state index contributed by atoms with van der Waals surface area (Å²) in [6.45, 7) is 4.06. The second-order valence-corrected chi connectivity index (χ2v) is 6.40. The van der Waals surface area contributed by atoms with Crippen molar-refractivity contribution >= 4 is 17.5 Å². The van der Waals surface area contributed by atoms with Crippen molar-refractivity contribution in [3.05, 3.63) is 83.3 Å². The fourth-order valence-electron chi connectivity index (χ4n) is 2.78. The highest BCUT2D eigenvalue weighted by atomic mass is 16.5. The first kappa shape index (κ1) is 19.2. The fourth-order valence-corrected chi connectivity index (χ4v) is 2.78. The van der Waals surface area contributed by atoms with E-state index in [2.05, 4.69) is 10.6 Å². The Labute approximate surface area is 163 Å². The molecule has 6 heteroatoms. The third-order valence-electron chi connectivity index (χ3n) is 4.17. The highest BCUT2D eigenvalue weighted by molar-refractivity contribution is 5.97. The number of nitrogens with one attached hydrogen (secondary N) is 2. The predicted molar refractivity (Wildman–Crippen MR) is 106 cm³/mol. The lowest BCUT2D eigenvalue weighted by Gasteiger charge is -2.12. The van der Waals surface area contributed by atoms with Crippen LogP contribution in [0.1, 0.15) is 27.2 Å². The Kier molecular flexibility index (Phi) is 6.11. The number of carbonyl (C=O) groups is 2. The number of amides is 2. The van der Waals surface area contributed by atoms with Gasteiger partial charge in [-0.1, -0.05) is 24.3 Å². The van der Waals surface area contributed by atoms with Gasteiger partial charge in [-0.05, 0) is 55.3 Å². The van der Waals surface area contributed by atoms with Gasteiger partial charge in [-0.3, -0.25) is 9.59 Å². The molecule has 0 bridgehead atoms. The number of para-hydroxylation sites is 1. The van der Waals surface area contributed by atoms with Crippen LogP contribution in [-0.2, 0) is 11.3 Å². The highest BCUT2D eigenvalue weighted by Crippen LogP contribution is 2.22. The van der Waals surface area contributed by atoms with Crippen molar-refractivity contribution in [2.45, 2.75) is 20.4 Å². The molecule has 0 unspecified atom stereocenters. The molecule has 2 amide bonds. The van der Waals surface area contributed by atoms with Crippen LogP contribution in [0.25, 0.3) is 0 Å². The zero-order chi connectivity index (χ0) is 19.9. The average molecular weight is 378 g/mol. The molecule has 28 heavy (non-hydrogen) atoms. The van der Waals surface area contributed by atoms with Gasteiger partial charge in [0.15, 0.2) is 6.61 Å². The molecule has 0 fully saturated rings. The Morgan fingerprint density at radius 3 is 2.46 bits per heavy atom. The molecule has 0 aliphatic carbocycles. The van der Waals surface area contributed by atoms with Crippen molar-refractivity contribution < 1.29 is 18.7 Å². The van der Waals surface area contributed by atoms with Gasteiger partial charge in [0.25, 0.3) is 11.8 Å². The molecule has 0 saturated heterocycles. The number of benzene rings is 2. The molecule has 0 spiro atoms. The van der Waals surface area contributed by atoms with Gasteiger partial charge < -0.3 is 19.8 Å².